The first-order valence-corrected chi connectivity index (χ1v) is 9.74. The fourth-order valence-corrected chi connectivity index (χ4v) is 2.94. The van der Waals surface area contributed by atoms with E-state index in [1.165, 1.54) is 11.8 Å². The van der Waals surface area contributed by atoms with Gasteiger partial charge >= 0.3 is 11.9 Å². The molecule has 0 atom stereocenters. The second-order valence-electron chi connectivity index (χ2n) is 5.94. The number of benzene rings is 3. The number of carboxylic acid groups (broad SMARTS) is 2. The molecule has 0 spiro atoms. The second kappa shape index (κ2) is 11.4. The third-order valence-corrected chi connectivity index (χ3v) is 4.72. The van der Waals surface area contributed by atoms with Crippen LogP contribution in [0.2, 0.25) is 0 Å². The zero-order valence-corrected chi connectivity index (χ0v) is 16.4. The quantitative estimate of drug-likeness (QED) is 0.336. The summed E-state index contributed by atoms with van der Waals surface area (Å²) in [6, 6.07) is 23.9. The molecule has 0 bridgehead atoms. The van der Waals surface area contributed by atoms with E-state index < -0.39 is 11.9 Å². The molecule has 0 radical (unpaired) electrons. The number of hydrogen-bond acceptors (Lipinski definition) is 5. The molecule has 7 heteroatoms. The van der Waals surface area contributed by atoms with E-state index in [9.17, 15) is 9.59 Å². The minimum atomic E-state index is -0.916. The average molecular weight is 410 g/mol. The van der Waals surface area contributed by atoms with Gasteiger partial charge in [0, 0.05) is 22.8 Å². The third-order valence-electron chi connectivity index (χ3n) is 3.73. The number of anilines is 2. The van der Waals surface area contributed by atoms with Crippen LogP contribution < -0.4 is 11.1 Å². The molecular weight excluding hydrogens is 388 g/mol. The van der Waals surface area contributed by atoms with Gasteiger partial charge in [-0.3, -0.25) is 4.79 Å². The monoisotopic (exact) mass is 410 g/mol. The van der Waals surface area contributed by atoms with E-state index in [0.29, 0.717) is 23.5 Å². The smallest absolute Gasteiger partial charge is 0.337 e. The van der Waals surface area contributed by atoms with Gasteiger partial charge in [-0.15, -0.1) is 11.8 Å². The van der Waals surface area contributed by atoms with Crippen molar-refractivity contribution in [1.29, 1.82) is 0 Å². The van der Waals surface area contributed by atoms with E-state index >= 15 is 0 Å². The van der Waals surface area contributed by atoms with Crippen LogP contribution >= 0.6 is 11.8 Å². The Bertz CT molecular complexity index is 931. The SMILES string of the molecule is Nc1ccc(SCC(=O)O)cc1.O=C(O)c1ccccc1NCc1ccccc1. The summed E-state index contributed by atoms with van der Waals surface area (Å²) in [5.41, 5.74) is 8.20. The van der Waals surface area contributed by atoms with E-state index in [4.69, 9.17) is 15.9 Å². The molecule has 0 saturated carbocycles. The van der Waals surface area contributed by atoms with Gasteiger partial charge in [-0.1, -0.05) is 42.5 Å². The standard InChI is InChI=1S/C14H13NO2.C8H9NO2S/c16-14(17)12-8-4-5-9-13(12)15-10-11-6-2-1-3-7-11;9-6-1-3-7(4-2-6)12-5-8(10)11/h1-9,15H,10H2,(H,16,17);1-4H,5,9H2,(H,10,11). The van der Waals surface area contributed by atoms with Crippen LogP contribution in [0.3, 0.4) is 0 Å². The highest BCUT2D eigenvalue weighted by Gasteiger charge is 2.07. The van der Waals surface area contributed by atoms with Gasteiger partial charge in [0.1, 0.15) is 0 Å². The lowest BCUT2D eigenvalue weighted by Gasteiger charge is -2.09. The number of thioether (sulfide) groups is 1. The van der Waals surface area contributed by atoms with Crippen LogP contribution in [-0.2, 0) is 11.3 Å². The summed E-state index contributed by atoms with van der Waals surface area (Å²) in [4.78, 5) is 22.1. The third kappa shape index (κ3) is 7.98. The maximum atomic E-state index is 11.0. The minimum Gasteiger partial charge on any atom is -0.481 e. The van der Waals surface area contributed by atoms with Crippen LogP contribution in [0.25, 0.3) is 0 Å². The van der Waals surface area contributed by atoms with Gasteiger partial charge < -0.3 is 21.3 Å². The van der Waals surface area contributed by atoms with Gasteiger partial charge in [-0.05, 0) is 42.0 Å². The molecule has 5 N–H and O–H groups in total. The molecule has 0 heterocycles. The minimum absolute atomic E-state index is 0.0872. The summed E-state index contributed by atoms with van der Waals surface area (Å²) >= 11 is 1.28. The summed E-state index contributed by atoms with van der Waals surface area (Å²) < 4.78 is 0. The largest absolute Gasteiger partial charge is 0.481 e. The van der Waals surface area contributed by atoms with Crippen LogP contribution in [0.15, 0.2) is 83.8 Å². The Hall–Kier alpha value is -3.45. The number of aliphatic carboxylic acids is 1. The number of carbonyl (C=O) groups is 2. The van der Waals surface area contributed by atoms with Crippen LogP contribution in [0, 0.1) is 0 Å². The van der Waals surface area contributed by atoms with Gasteiger partial charge in [0.2, 0.25) is 0 Å². The molecule has 6 nitrogen and oxygen atoms in total. The van der Waals surface area contributed by atoms with Gasteiger partial charge in [0.05, 0.1) is 11.3 Å². The predicted molar refractivity (Wildman–Crippen MR) is 116 cm³/mol. The number of nitrogens with one attached hydrogen (secondary N) is 1. The summed E-state index contributed by atoms with van der Waals surface area (Å²) in [6.45, 7) is 0.616. The van der Waals surface area contributed by atoms with Gasteiger partial charge in [-0.25, -0.2) is 4.79 Å². The van der Waals surface area contributed by atoms with Crippen LogP contribution in [-0.4, -0.2) is 27.9 Å². The number of nitrogen functional groups attached to an aromatic ring is 1. The topological polar surface area (TPSA) is 113 Å². The number of para-hydroxylation sites is 1. The van der Waals surface area contributed by atoms with Crippen molar-refractivity contribution in [2.45, 2.75) is 11.4 Å². The van der Waals surface area contributed by atoms with E-state index in [1.54, 1.807) is 30.3 Å². The fourth-order valence-electron chi connectivity index (χ4n) is 2.33. The Morgan fingerprint density at radius 3 is 2.10 bits per heavy atom. The molecule has 3 aromatic carbocycles. The Kier molecular flexibility index (Phi) is 8.59. The highest BCUT2D eigenvalue weighted by Crippen LogP contribution is 2.18. The van der Waals surface area contributed by atoms with Crippen molar-refractivity contribution in [3.05, 3.63) is 90.0 Å². The van der Waals surface area contributed by atoms with E-state index in [2.05, 4.69) is 5.32 Å². The highest BCUT2D eigenvalue weighted by atomic mass is 32.2. The number of rotatable bonds is 7. The predicted octanol–water partition coefficient (Wildman–Crippen LogP) is 4.44. The van der Waals surface area contributed by atoms with Gasteiger partial charge in [0.15, 0.2) is 0 Å². The molecule has 3 rings (SSSR count). The molecule has 0 amide bonds. The van der Waals surface area contributed by atoms with Crippen molar-refractivity contribution in [2.75, 3.05) is 16.8 Å². The Morgan fingerprint density at radius 1 is 0.862 bits per heavy atom. The Balaban J connectivity index is 0.000000221. The summed E-state index contributed by atoms with van der Waals surface area (Å²) in [7, 11) is 0. The molecule has 0 aliphatic heterocycles. The lowest BCUT2D eigenvalue weighted by molar-refractivity contribution is -0.133. The molecule has 0 aliphatic carbocycles. The summed E-state index contributed by atoms with van der Waals surface area (Å²) in [5, 5.41) is 20.5. The molecule has 0 fully saturated rings. The number of nitrogens with two attached hydrogens (primary N) is 1. The van der Waals surface area contributed by atoms with E-state index in [-0.39, 0.29) is 5.75 Å². The second-order valence-corrected chi connectivity index (χ2v) is 6.99. The molecule has 0 aliphatic rings. The first-order chi connectivity index (χ1) is 14.0. The summed E-state index contributed by atoms with van der Waals surface area (Å²) in [6.07, 6.45) is 0. The van der Waals surface area contributed by atoms with Crippen LogP contribution in [0.1, 0.15) is 15.9 Å². The first-order valence-electron chi connectivity index (χ1n) is 8.76. The maximum absolute atomic E-state index is 11.0. The van der Waals surface area contributed by atoms with Crippen LogP contribution in [0.5, 0.6) is 0 Å². The van der Waals surface area contributed by atoms with Gasteiger partial charge in [0.25, 0.3) is 0 Å². The average Bonchev–Trinajstić information content (AvgIpc) is 2.73. The maximum Gasteiger partial charge on any atom is 0.337 e. The van der Waals surface area contributed by atoms with Crippen molar-refractivity contribution >= 4 is 35.1 Å². The zero-order valence-electron chi connectivity index (χ0n) is 15.6. The van der Waals surface area contributed by atoms with Gasteiger partial charge in [-0.2, -0.15) is 0 Å². The fraction of sp³-hybridized carbons (Fsp3) is 0.0909. The lowest BCUT2D eigenvalue weighted by Crippen LogP contribution is -2.05. The van der Waals surface area contributed by atoms with E-state index in [1.807, 2.05) is 48.5 Å². The molecular formula is C22H22N2O4S. The molecule has 0 saturated heterocycles. The molecule has 150 valence electrons. The Morgan fingerprint density at radius 2 is 1.48 bits per heavy atom. The number of carboxylic acids is 2. The molecule has 3 aromatic rings. The zero-order chi connectivity index (χ0) is 21.1. The van der Waals surface area contributed by atoms with Crippen molar-refractivity contribution in [2.24, 2.45) is 0 Å². The molecule has 0 unspecified atom stereocenters. The van der Waals surface area contributed by atoms with Crippen molar-refractivity contribution < 1.29 is 19.8 Å². The molecule has 29 heavy (non-hydrogen) atoms. The van der Waals surface area contributed by atoms with Crippen molar-refractivity contribution in [1.82, 2.24) is 0 Å². The highest BCUT2D eigenvalue weighted by molar-refractivity contribution is 8.00. The first kappa shape index (κ1) is 21.8. The van der Waals surface area contributed by atoms with E-state index in [0.717, 1.165) is 10.5 Å². The van der Waals surface area contributed by atoms with Crippen molar-refractivity contribution in [3.63, 3.8) is 0 Å². The Labute approximate surface area is 173 Å². The normalized spacial score (nSPS) is 9.79. The lowest BCUT2D eigenvalue weighted by atomic mass is 10.1. The summed E-state index contributed by atoms with van der Waals surface area (Å²) in [5.74, 6) is -1.64. The number of aromatic carboxylic acids is 1. The van der Waals surface area contributed by atoms with Crippen molar-refractivity contribution in [3.8, 4) is 0 Å². The van der Waals surface area contributed by atoms with Crippen LogP contribution in [0.4, 0.5) is 11.4 Å². The molecule has 0 aromatic heterocycles. The number of hydrogen-bond donors (Lipinski definition) is 4.